The van der Waals surface area contributed by atoms with Crippen LogP contribution < -0.4 is 9.64 Å². The van der Waals surface area contributed by atoms with E-state index in [1.807, 2.05) is 36.2 Å². The lowest BCUT2D eigenvalue weighted by atomic mass is 10.2. The minimum Gasteiger partial charge on any atom is -0.497 e. The van der Waals surface area contributed by atoms with Gasteiger partial charge in [0.2, 0.25) is 16.5 Å². The molecule has 0 saturated carbocycles. The molecule has 1 heterocycles. The predicted octanol–water partition coefficient (Wildman–Crippen LogP) is 2.82. The number of rotatable bonds is 4. The highest BCUT2D eigenvalue weighted by Gasteiger charge is 2.09. The lowest BCUT2D eigenvalue weighted by molar-refractivity contribution is 0.414. The van der Waals surface area contributed by atoms with Crippen LogP contribution in [-0.4, -0.2) is 29.1 Å². The molecule has 7 heteroatoms. The van der Waals surface area contributed by atoms with Crippen molar-refractivity contribution in [1.29, 1.82) is 0 Å². The summed E-state index contributed by atoms with van der Waals surface area (Å²) in [4.78, 5) is 13.6. The molecule has 0 bridgehead atoms. The molecule has 2 rings (SSSR count). The van der Waals surface area contributed by atoms with E-state index in [4.69, 9.17) is 27.9 Å². The molecule has 19 heavy (non-hydrogen) atoms. The molecule has 1 aromatic carbocycles. The number of benzene rings is 1. The second kappa shape index (κ2) is 6.04. The summed E-state index contributed by atoms with van der Waals surface area (Å²) in [7, 11) is 3.49. The molecule has 0 aliphatic carbocycles. The fraction of sp³-hybridized carbons (Fsp3) is 0.250. The third-order valence-corrected chi connectivity index (χ3v) is 2.83. The summed E-state index contributed by atoms with van der Waals surface area (Å²) in [5.74, 6) is 1.25. The van der Waals surface area contributed by atoms with Crippen LogP contribution >= 0.6 is 23.2 Å². The van der Waals surface area contributed by atoms with Crippen LogP contribution in [-0.2, 0) is 6.54 Å². The number of halogens is 2. The van der Waals surface area contributed by atoms with Crippen molar-refractivity contribution in [2.45, 2.75) is 6.54 Å². The summed E-state index contributed by atoms with van der Waals surface area (Å²) in [6.45, 7) is 0.626. The van der Waals surface area contributed by atoms with Gasteiger partial charge in [-0.25, -0.2) is 0 Å². The number of anilines is 1. The van der Waals surface area contributed by atoms with Crippen molar-refractivity contribution in [3.8, 4) is 5.75 Å². The third kappa shape index (κ3) is 3.68. The highest BCUT2D eigenvalue weighted by molar-refractivity contribution is 6.31. The Hall–Kier alpha value is -1.59. The van der Waals surface area contributed by atoms with E-state index in [1.54, 1.807) is 7.11 Å². The van der Waals surface area contributed by atoms with Gasteiger partial charge in [-0.3, -0.25) is 0 Å². The lowest BCUT2D eigenvalue weighted by Gasteiger charge is -2.17. The Balaban J connectivity index is 2.13. The molecule has 0 radical (unpaired) electrons. The molecule has 0 atom stereocenters. The second-order valence-corrected chi connectivity index (χ2v) is 4.55. The zero-order valence-corrected chi connectivity index (χ0v) is 12.0. The van der Waals surface area contributed by atoms with Crippen LogP contribution in [0.15, 0.2) is 24.3 Å². The summed E-state index contributed by atoms with van der Waals surface area (Å²) in [6.07, 6.45) is 0. The quantitative estimate of drug-likeness (QED) is 0.869. The van der Waals surface area contributed by atoms with Gasteiger partial charge in [-0.05, 0) is 40.9 Å². The van der Waals surface area contributed by atoms with E-state index < -0.39 is 0 Å². The summed E-state index contributed by atoms with van der Waals surface area (Å²) < 4.78 is 5.11. The molecule has 5 nitrogen and oxygen atoms in total. The largest absolute Gasteiger partial charge is 0.497 e. The van der Waals surface area contributed by atoms with Gasteiger partial charge in [0, 0.05) is 13.6 Å². The van der Waals surface area contributed by atoms with Crippen LogP contribution in [0.4, 0.5) is 5.95 Å². The van der Waals surface area contributed by atoms with Gasteiger partial charge in [0.1, 0.15) is 5.75 Å². The number of hydrogen-bond acceptors (Lipinski definition) is 5. The molecule has 0 aliphatic rings. The van der Waals surface area contributed by atoms with Crippen LogP contribution in [0, 0.1) is 0 Å². The van der Waals surface area contributed by atoms with Crippen molar-refractivity contribution in [3.05, 3.63) is 40.4 Å². The molecule has 2 aromatic rings. The number of hydrogen-bond donors (Lipinski definition) is 0. The number of methoxy groups -OCH3 is 1. The smallest absolute Gasteiger partial charge is 0.231 e. The molecule has 0 aliphatic heterocycles. The van der Waals surface area contributed by atoms with Gasteiger partial charge in [0.15, 0.2) is 0 Å². The molecule has 0 fully saturated rings. The fourth-order valence-electron chi connectivity index (χ4n) is 1.56. The molecule has 0 N–H and O–H groups in total. The zero-order valence-electron chi connectivity index (χ0n) is 10.5. The predicted molar refractivity (Wildman–Crippen MR) is 74.9 cm³/mol. The van der Waals surface area contributed by atoms with Crippen molar-refractivity contribution in [1.82, 2.24) is 15.0 Å². The highest BCUT2D eigenvalue weighted by Crippen LogP contribution is 2.17. The minimum absolute atomic E-state index is 0.0802. The van der Waals surface area contributed by atoms with E-state index >= 15 is 0 Å². The van der Waals surface area contributed by atoms with Gasteiger partial charge in [0.05, 0.1) is 7.11 Å². The molecule has 0 saturated heterocycles. The maximum absolute atomic E-state index is 5.75. The van der Waals surface area contributed by atoms with E-state index in [9.17, 15) is 0 Å². The average Bonchev–Trinajstić information content (AvgIpc) is 2.38. The Bertz CT molecular complexity index is 542. The van der Waals surface area contributed by atoms with Crippen LogP contribution in [0.3, 0.4) is 0 Å². The topological polar surface area (TPSA) is 51.1 Å². The van der Waals surface area contributed by atoms with Crippen LogP contribution in [0.2, 0.25) is 10.6 Å². The molecular formula is C12H12Cl2N4O. The first-order chi connectivity index (χ1) is 9.08. The Morgan fingerprint density at radius 1 is 1.05 bits per heavy atom. The maximum atomic E-state index is 5.75. The zero-order chi connectivity index (χ0) is 13.8. The molecule has 0 amide bonds. The van der Waals surface area contributed by atoms with Gasteiger partial charge >= 0.3 is 0 Å². The second-order valence-electron chi connectivity index (χ2n) is 3.88. The Morgan fingerprint density at radius 2 is 1.63 bits per heavy atom. The van der Waals surface area contributed by atoms with E-state index in [-0.39, 0.29) is 10.6 Å². The summed E-state index contributed by atoms with van der Waals surface area (Å²) in [5, 5.41) is 0.160. The Labute approximate surface area is 121 Å². The molecule has 0 spiro atoms. The SMILES string of the molecule is COc1ccc(CN(C)c2nc(Cl)nc(Cl)n2)cc1. The van der Waals surface area contributed by atoms with E-state index in [0.29, 0.717) is 12.5 Å². The van der Waals surface area contributed by atoms with Crippen LogP contribution in [0.25, 0.3) is 0 Å². The van der Waals surface area contributed by atoms with Crippen molar-refractivity contribution in [2.24, 2.45) is 0 Å². The molecule has 100 valence electrons. The fourth-order valence-corrected chi connectivity index (χ4v) is 1.92. The average molecular weight is 299 g/mol. The van der Waals surface area contributed by atoms with Gasteiger partial charge in [-0.1, -0.05) is 12.1 Å². The summed E-state index contributed by atoms with van der Waals surface area (Å²) >= 11 is 11.5. The van der Waals surface area contributed by atoms with Crippen molar-refractivity contribution in [3.63, 3.8) is 0 Å². The Kier molecular flexibility index (Phi) is 4.39. The highest BCUT2D eigenvalue weighted by atomic mass is 35.5. The number of aromatic nitrogens is 3. The van der Waals surface area contributed by atoms with Gasteiger partial charge in [-0.2, -0.15) is 15.0 Å². The molecule has 0 unspecified atom stereocenters. The molecule has 1 aromatic heterocycles. The molecular weight excluding hydrogens is 287 g/mol. The van der Waals surface area contributed by atoms with Gasteiger partial charge < -0.3 is 9.64 Å². The lowest BCUT2D eigenvalue weighted by Crippen LogP contribution is -2.19. The number of nitrogens with zero attached hydrogens (tertiary/aromatic N) is 4. The van der Waals surface area contributed by atoms with E-state index in [0.717, 1.165) is 11.3 Å². The first-order valence-corrected chi connectivity index (χ1v) is 6.25. The Morgan fingerprint density at radius 3 is 2.16 bits per heavy atom. The van der Waals surface area contributed by atoms with Gasteiger partial charge in [0.25, 0.3) is 0 Å². The first-order valence-electron chi connectivity index (χ1n) is 5.49. The maximum Gasteiger partial charge on any atom is 0.231 e. The summed E-state index contributed by atoms with van der Waals surface area (Å²) in [6, 6.07) is 7.74. The van der Waals surface area contributed by atoms with Crippen molar-refractivity contribution in [2.75, 3.05) is 19.1 Å². The first kappa shape index (κ1) is 13.8. The standard InChI is InChI=1S/C12H12Cl2N4O/c1-18(12-16-10(13)15-11(14)17-12)7-8-3-5-9(19-2)6-4-8/h3-6H,7H2,1-2H3. The minimum atomic E-state index is 0.0802. The monoisotopic (exact) mass is 298 g/mol. The number of ether oxygens (including phenoxy) is 1. The van der Waals surface area contributed by atoms with E-state index in [1.165, 1.54) is 0 Å². The van der Waals surface area contributed by atoms with Crippen molar-refractivity contribution >= 4 is 29.2 Å². The van der Waals surface area contributed by atoms with E-state index in [2.05, 4.69) is 15.0 Å². The van der Waals surface area contributed by atoms with Crippen molar-refractivity contribution < 1.29 is 4.74 Å². The normalized spacial score (nSPS) is 10.3. The van der Waals surface area contributed by atoms with Gasteiger partial charge in [-0.15, -0.1) is 0 Å². The van der Waals surface area contributed by atoms with Crippen LogP contribution in [0.1, 0.15) is 5.56 Å². The van der Waals surface area contributed by atoms with Crippen LogP contribution in [0.5, 0.6) is 5.75 Å². The summed E-state index contributed by atoms with van der Waals surface area (Å²) in [5.41, 5.74) is 1.09. The third-order valence-electron chi connectivity index (χ3n) is 2.49.